The van der Waals surface area contributed by atoms with Crippen LogP contribution in [0.15, 0.2) is 42.5 Å². The van der Waals surface area contributed by atoms with Gasteiger partial charge in [-0.15, -0.1) is 0 Å². The van der Waals surface area contributed by atoms with Crippen LogP contribution < -0.4 is 9.64 Å². The Morgan fingerprint density at radius 1 is 0.886 bits per heavy atom. The van der Waals surface area contributed by atoms with Gasteiger partial charge in [-0.25, -0.2) is 4.39 Å². The second kappa shape index (κ2) is 11.7. The third kappa shape index (κ3) is 8.19. The SMILES string of the molecule is CC(C)(C)c1ccc(OCCOCC(O)CN2CCN(c3ccc(F)cc3)CC2)c(C(C)(C)C)c1. The third-order valence-electron chi connectivity index (χ3n) is 6.48. The topological polar surface area (TPSA) is 45.2 Å². The lowest BCUT2D eigenvalue weighted by atomic mass is 9.80. The highest BCUT2D eigenvalue weighted by molar-refractivity contribution is 5.46. The molecule has 0 aliphatic carbocycles. The van der Waals surface area contributed by atoms with Crippen molar-refractivity contribution < 1.29 is 19.0 Å². The van der Waals surface area contributed by atoms with Gasteiger partial charge in [0.05, 0.1) is 19.3 Å². The molecule has 1 fully saturated rings. The van der Waals surface area contributed by atoms with Gasteiger partial charge in [0.15, 0.2) is 0 Å². The highest BCUT2D eigenvalue weighted by Crippen LogP contribution is 2.35. The van der Waals surface area contributed by atoms with Crippen molar-refractivity contribution in [3.05, 3.63) is 59.4 Å². The number of aliphatic hydroxyl groups excluding tert-OH is 1. The van der Waals surface area contributed by atoms with Gasteiger partial charge in [0.25, 0.3) is 0 Å². The molecule has 3 rings (SSSR count). The number of halogens is 1. The lowest BCUT2D eigenvalue weighted by Crippen LogP contribution is -2.49. The van der Waals surface area contributed by atoms with E-state index >= 15 is 0 Å². The fourth-order valence-electron chi connectivity index (χ4n) is 4.33. The molecule has 1 saturated heterocycles. The highest BCUT2D eigenvalue weighted by Gasteiger charge is 2.23. The standard InChI is InChI=1S/C29H43FN2O3/c1-28(2,3)22-7-12-27(26(19-22)29(4,5)6)35-18-17-34-21-25(33)20-31-13-15-32(16-14-31)24-10-8-23(30)9-11-24/h7-12,19,25,33H,13-18,20-21H2,1-6H3. The summed E-state index contributed by atoms with van der Waals surface area (Å²) in [5, 5.41) is 10.4. The first-order valence-electron chi connectivity index (χ1n) is 12.7. The number of β-amino-alcohol motifs (C(OH)–C–C–N with tert-alkyl or cyclic N) is 1. The van der Waals surface area contributed by atoms with Gasteiger partial charge in [0, 0.05) is 38.4 Å². The smallest absolute Gasteiger partial charge is 0.123 e. The lowest BCUT2D eigenvalue weighted by Gasteiger charge is -2.36. The van der Waals surface area contributed by atoms with Crippen LogP contribution >= 0.6 is 0 Å². The molecule has 1 aliphatic rings. The predicted octanol–water partition coefficient (Wildman–Crippen LogP) is 5.00. The van der Waals surface area contributed by atoms with E-state index in [2.05, 4.69) is 69.5 Å². The minimum atomic E-state index is -0.538. The maximum Gasteiger partial charge on any atom is 0.123 e. The molecule has 2 aromatic carbocycles. The fraction of sp³-hybridized carbons (Fsp3) is 0.586. The van der Waals surface area contributed by atoms with Gasteiger partial charge >= 0.3 is 0 Å². The zero-order valence-electron chi connectivity index (χ0n) is 22.3. The van der Waals surface area contributed by atoms with Crippen molar-refractivity contribution in [1.29, 1.82) is 0 Å². The average molecular weight is 487 g/mol. The Morgan fingerprint density at radius 3 is 2.14 bits per heavy atom. The molecular weight excluding hydrogens is 443 g/mol. The molecule has 0 aromatic heterocycles. The number of ether oxygens (including phenoxy) is 2. The number of aliphatic hydroxyl groups is 1. The van der Waals surface area contributed by atoms with E-state index in [0.717, 1.165) is 37.6 Å². The van der Waals surface area contributed by atoms with Crippen molar-refractivity contribution in [1.82, 2.24) is 4.90 Å². The number of anilines is 1. The van der Waals surface area contributed by atoms with Crippen LogP contribution in [0.25, 0.3) is 0 Å². The molecule has 0 saturated carbocycles. The minimum Gasteiger partial charge on any atom is -0.491 e. The molecule has 0 radical (unpaired) electrons. The van der Waals surface area contributed by atoms with Crippen molar-refractivity contribution >= 4 is 5.69 Å². The molecule has 0 amide bonds. The van der Waals surface area contributed by atoms with E-state index in [-0.39, 0.29) is 23.3 Å². The Labute approximate surface area is 210 Å². The minimum absolute atomic E-state index is 0.0195. The second-order valence-corrected chi connectivity index (χ2v) is 11.6. The van der Waals surface area contributed by atoms with Gasteiger partial charge in [0.2, 0.25) is 0 Å². The average Bonchev–Trinajstić information content (AvgIpc) is 2.78. The molecule has 1 atom stereocenters. The molecule has 1 unspecified atom stereocenters. The van der Waals surface area contributed by atoms with E-state index in [9.17, 15) is 9.50 Å². The molecule has 1 heterocycles. The zero-order chi connectivity index (χ0) is 25.6. The summed E-state index contributed by atoms with van der Waals surface area (Å²) in [6.45, 7) is 18.5. The summed E-state index contributed by atoms with van der Waals surface area (Å²) in [7, 11) is 0. The fourth-order valence-corrected chi connectivity index (χ4v) is 4.33. The Balaban J connectivity index is 1.38. The molecule has 6 heteroatoms. The maximum absolute atomic E-state index is 13.1. The summed E-state index contributed by atoms with van der Waals surface area (Å²) in [4.78, 5) is 4.49. The number of hydrogen-bond acceptors (Lipinski definition) is 5. The van der Waals surface area contributed by atoms with Crippen LogP contribution in [-0.2, 0) is 15.6 Å². The first-order chi connectivity index (χ1) is 16.4. The molecular formula is C29H43FN2O3. The van der Waals surface area contributed by atoms with E-state index in [4.69, 9.17) is 9.47 Å². The van der Waals surface area contributed by atoms with Crippen LogP contribution in [0.1, 0.15) is 52.7 Å². The second-order valence-electron chi connectivity index (χ2n) is 11.6. The van der Waals surface area contributed by atoms with Crippen molar-refractivity contribution in [3.8, 4) is 5.75 Å². The van der Waals surface area contributed by atoms with Gasteiger partial charge < -0.3 is 19.5 Å². The Kier molecular flexibility index (Phi) is 9.19. The number of nitrogens with zero attached hydrogens (tertiary/aromatic N) is 2. The molecule has 2 aromatic rings. The van der Waals surface area contributed by atoms with Crippen molar-refractivity contribution in [3.63, 3.8) is 0 Å². The first-order valence-corrected chi connectivity index (χ1v) is 12.7. The molecule has 35 heavy (non-hydrogen) atoms. The van der Waals surface area contributed by atoms with E-state index in [1.807, 2.05) is 12.1 Å². The normalized spacial score (nSPS) is 16.4. The van der Waals surface area contributed by atoms with Crippen molar-refractivity contribution in [2.45, 2.75) is 58.5 Å². The van der Waals surface area contributed by atoms with Gasteiger partial charge in [0.1, 0.15) is 18.2 Å². The van der Waals surface area contributed by atoms with Crippen LogP contribution in [-0.4, -0.2) is 68.7 Å². The van der Waals surface area contributed by atoms with Gasteiger partial charge in [-0.1, -0.05) is 53.7 Å². The molecule has 1 N–H and O–H groups in total. The van der Waals surface area contributed by atoms with Crippen molar-refractivity contribution in [2.75, 3.05) is 57.4 Å². The Bertz CT molecular complexity index is 926. The van der Waals surface area contributed by atoms with Gasteiger partial charge in [-0.2, -0.15) is 0 Å². The monoisotopic (exact) mass is 486 g/mol. The summed E-state index contributed by atoms with van der Waals surface area (Å²) >= 11 is 0. The van der Waals surface area contributed by atoms with Crippen LogP contribution in [0.4, 0.5) is 10.1 Å². The van der Waals surface area contributed by atoms with E-state index < -0.39 is 6.10 Å². The van der Waals surface area contributed by atoms with Gasteiger partial charge in [-0.05, 0) is 52.3 Å². The van der Waals surface area contributed by atoms with Crippen LogP contribution in [0.2, 0.25) is 0 Å². The largest absolute Gasteiger partial charge is 0.491 e. The van der Waals surface area contributed by atoms with Crippen LogP contribution in [0.3, 0.4) is 0 Å². The zero-order valence-corrected chi connectivity index (χ0v) is 22.3. The molecule has 0 bridgehead atoms. The summed E-state index contributed by atoms with van der Waals surface area (Å²) in [6.07, 6.45) is -0.538. The van der Waals surface area contributed by atoms with Gasteiger partial charge in [-0.3, -0.25) is 4.90 Å². The summed E-state index contributed by atoms with van der Waals surface area (Å²) in [5.74, 6) is 0.683. The van der Waals surface area contributed by atoms with E-state index in [1.54, 1.807) is 0 Å². The number of hydrogen-bond donors (Lipinski definition) is 1. The van der Waals surface area contributed by atoms with Crippen LogP contribution in [0, 0.1) is 5.82 Å². The number of benzene rings is 2. The first kappa shape index (κ1) is 27.4. The number of piperazine rings is 1. The number of rotatable bonds is 9. The molecule has 1 aliphatic heterocycles. The van der Waals surface area contributed by atoms with Crippen LogP contribution in [0.5, 0.6) is 5.75 Å². The maximum atomic E-state index is 13.1. The molecule has 194 valence electrons. The third-order valence-corrected chi connectivity index (χ3v) is 6.48. The highest BCUT2D eigenvalue weighted by atomic mass is 19.1. The van der Waals surface area contributed by atoms with Crippen molar-refractivity contribution in [2.24, 2.45) is 0 Å². The lowest BCUT2D eigenvalue weighted by molar-refractivity contribution is 0.00704. The molecule has 0 spiro atoms. The quantitative estimate of drug-likeness (QED) is 0.506. The summed E-state index contributed by atoms with van der Waals surface area (Å²) in [5.41, 5.74) is 3.61. The van der Waals surface area contributed by atoms with E-state index in [1.165, 1.54) is 23.3 Å². The van der Waals surface area contributed by atoms with E-state index in [0.29, 0.717) is 19.8 Å². The summed E-state index contributed by atoms with van der Waals surface area (Å²) < 4.78 is 24.9. The molecule has 5 nitrogen and oxygen atoms in total. The summed E-state index contributed by atoms with van der Waals surface area (Å²) in [6, 6.07) is 13.1. The Hall–Kier alpha value is -2.15. The Morgan fingerprint density at radius 2 is 1.54 bits per heavy atom. The predicted molar refractivity (Wildman–Crippen MR) is 141 cm³/mol.